The van der Waals surface area contributed by atoms with Gasteiger partial charge in [-0.05, 0) is 28.2 Å². The van der Waals surface area contributed by atoms with Crippen LogP contribution in [0.3, 0.4) is 0 Å². The van der Waals surface area contributed by atoms with Gasteiger partial charge in [-0.15, -0.1) is 0 Å². The fourth-order valence-corrected chi connectivity index (χ4v) is 2.76. The SMILES string of the molecule is CC(C)(C)C.CC(C)(C)C.CC(C)(C)C.NC(Cn1ccc(=O)c(O)c1)C(=O)O.[N-]=C(O)C([NH-])Cn1ccc(=O)c(O)c1.[NH-]C(Cn1ccc(=O)c(O)c1)C(=O)O.[Zn+2].[Zn]. The van der Waals surface area contributed by atoms with Crippen LogP contribution in [0.5, 0.6) is 17.2 Å². The molecule has 18 nitrogen and oxygen atoms in total. The number of nitrogens with one attached hydrogen (secondary N) is 2. The van der Waals surface area contributed by atoms with Crippen molar-refractivity contribution >= 4 is 17.8 Å². The number of pyridine rings is 3. The quantitative estimate of drug-likeness (QED) is 0.0775. The van der Waals surface area contributed by atoms with Crippen LogP contribution in [0, 0.1) is 16.2 Å². The van der Waals surface area contributed by atoms with Gasteiger partial charge in [-0.2, -0.15) is 0 Å². The predicted octanol–water partition coefficient (Wildman–Crippen LogP) is 5.68. The van der Waals surface area contributed by atoms with E-state index < -0.39 is 69.5 Å². The molecule has 0 aliphatic carbocycles. The van der Waals surface area contributed by atoms with E-state index in [1.54, 1.807) is 0 Å². The van der Waals surface area contributed by atoms with Crippen molar-refractivity contribution < 1.29 is 79.2 Å². The van der Waals surface area contributed by atoms with E-state index in [0.29, 0.717) is 16.2 Å². The van der Waals surface area contributed by atoms with Crippen LogP contribution in [0.4, 0.5) is 0 Å². The number of carbonyl (C=O) groups is 2. The number of hydrogen-bond donors (Lipinski definition) is 7. The molecule has 3 atom stereocenters. The third-order valence-corrected chi connectivity index (χ3v) is 5.00. The zero-order valence-corrected chi connectivity index (χ0v) is 42.5. The predicted molar refractivity (Wildman–Crippen MR) is 223 cm³/mol. The number of aromatic hydroxyl groups is 3. The summed E-state index contributed by atoms with van der Waals surface area (Å²) in [4.78, 5) is 53.0. The monoisotopic (exact) mass is 934 g/mol. The van der Waals surface area contributed by atoms with Crippen LogP contribution < -0.4 is 22.0 Å². The van der Waals surface area contributed by atoms with Crippen LogP contribution in [0.1, 0.15) is 83.1 Å². The molecule has 3 aromatic heterocycles. The number of aliphatic hydroxyl groups is 1. The molecule has 3 unspecified atom stereocenters. The zero-order chi connectivity index (χ0) is 45.6. The van der Waals surface area contributed by atoms with E-state index in [1.165, 1.54) is 32.3 Å². The number of aromatic nitrogens is 3. The molecule has 59 heavy (non-hydrogen) atoms. The van der Waals surface area contributed by atoms with Crippen molar-refractivity contribution in [1.29, 1.82) is 0 Å². The van der Waals surface area contributed by atoms with E-state index in [0.717, 1.165) is 36.8 Å². The second-order valence-corrected chi connectivity index (χ2v) is 17.4. The van der Waals surface area contributed by atoms with Gasteiger partial charge in [-0.3, -0.25) is 24.0 Å². The number of carboxylic acids is 2. The Kier molecular flexibility index (Phi) is 32.4. The van der Waals surface area contributed by atoms with Crippen molar-refractivity contribution in [1.82, 2.24) is 13.7 Å². The van der Waals surface area contributed by atoms with E-state index in [4.69, 9.17) is 53.2 Å². The number of rotatable bonds is 9. The van der Waals surface area contributed by atoms with E-state index in [2.05, 4.69) is 83.1 Å². The summed E-state index contributed by atoms with van der Waals surface area (Å²) in [5.74, 6) is -4.69. The number of aliphatic hydroxyl groups excluding tert-OH is 1. The van der Waals surface area contributed by atoms with Crippen molar-refractivity contribution in [2.75, 3.05) is 0 Å². The summed E-state index contributed by atoms with van der Waals surface area (Å²) < 4.78 is 3.94. The molecule has 3 heterocycles. The minimum atomic E-state index is -1.31. The molecule has 10 N–H and O–H groups in total. The summed E-state index contributed by atoms with van der Waals surface area (Å²) in [6.07, 6.45) is 7.43. The summed E-state index contributed by atoms with van der Waals surface area (Å²) in [6, 6.07) is -0.171. The Bertz CT molecular complexity index is 1630. The van der Waals surface area contributed by atoms with Gasteiger partial charge < -0.3 is 67.0 Å². The molecule has 0 spiro atoms. The van der Waals surface area contributed by atoms with Crippen LogP contribution in [0.15, 0.2) is 69.8 Å². The summed E-state index contributed by atoms with van der Waals surface area (Å²) in [5, 5.41) is 61.1. The first-order valence-electron chi connectivity index (χ1n) is 17.6. The molecule has 0 saturated carbocycles. The third kappa shape index (κ3) is 41.7. The molecular formula is C39H64N7O11Zn2-. The summed E-state index contributed by atoms with van der Waals surface area (Å²) in [6.45, 7) is 26.1. The minimum Gasteiger partial charge on any atom is -0.777 e. The van der Waals surface area contributed by atoms with E-state index >= 15 is 0 Å². The molecule has 3 rings (SSSR count). The first kappa shape index (κ1) is 63.9. The van der Waals surface area contributed by atoms with Crippen LogP contribution in [0.25, 0.3) is 16.9 Å². The second-order valence-electron chi connectivity index (χ2n) is 17.4. The van der Waals surface area contributed by atoms with Crippen LogP contribution in [-0.4, -0.2) is 80.3 Å². The molecule has 0 aliphatic rings. The molecule has 0 amide bonds. The fourth-order valence-electron chi connectivity index (χ4n) is 2.76. The number of carboxylic acid groups (broad SMARTS) is 2. The molecular weight excluding hydrogens is 873 g/mol. The van der Waals surface area contributed by atoms with Crippen molar-refractivity contribution in [3.05, 3.63) is 103 Å². The number of nitrogens with zero attached hydrogens (tertiary/aromatic N) is 4. The number of nitrogens with two attached hydrogens (primary N) is 1. The molecule has 0 radical (unpaired) electrons. The van der Waals surface area contributed by atoms with Gasteiger partial charge in [-0.25, -0.2) is 0 Å². The van der Waals surface area contributed by atoms with Gasteiger partial charge in [0.05, 0.1) is 0 Å². The largest absolute Gasteiger partial charge is 2.00 e. The molecule has 0 saturated heterocycles. The average Bonchev–Trinajstić information content (AvgIpc) is 3.00. The Morgan fingerprint density at radius 2 is 0.831 bits per heavy atom. The van der Waals surface area contributed by atoms with Gasteiger partial charge in [-0.1, -0.05) is 89.1 Å². The Balaban J connectivity index is -0.000000208. The maximum Gasteiger partial charge on any atom is 2.00 e. The zero-order valence-electron chi connectivity index (χ0n) is 36.6. The molecule has 326 valence electrons. The van der Waals surface area contributed by atoms with Gasteiger partial charge in [0.1, 0.15) is 6.04 Å². The van der Waals surface area contributed by atoms with E-state index in [1.807, 2.05) is 0 Å². The third-order valence-electron chi connectivity index (χ3n) is 5.00. The maximum absolute atomic E-state index is 10.8. The number of hydrogen-bond acceptors (Lipinski definition) is 9. The van der Waals surface area contributed by atoms with Gasteiger partial charge >= 0.3 is 25.4 Å². The smallest absolute Gasteiger partial charge is 0.777 e. The Hall–Kier alpha value is -4.21. The number of aliphatic carboxylic acids is 2. The molecule has 0 fully saturated rings. The van der Waals surface area contributed by atoms with E-state index in [9.17, 15) is 24.0 Å². The van der Waals surface area contributed by atoms with E-state index in [-0.39, 0.29) is 58.6 Å². The molecule has 0 aliphatic heterocycles. The summed E-state index contributed by atoms with van der Waals surface area (Å²) in [5.41, 5.74) is 19.5. The standard InChI is InChI=1S/C8H9N3O3.C8H10N2O4.C8H9N2O4.3C5H12.2Zn/c9-5(8(10)14)3-11-2-1-6(12)7(13)4-11;2*9-5(8(13)14)3-10-2-1-6(11)7(12)4-10;3*1-5(2,3)4;;/h1-2,4-5,9H,3H2,(H2-,10,13,14);1-2,4-5,12H,3,9H2,(H,13,14);1-2,4-5,9,12H,3H2,(H,13,14);3*1-4H3;;/q-2;;-1;;;;;+2. The fraction of sp³-hybridized carbons (Fsp3) is 0.538. The Morgan fingerprint density at radius 3 is 1.03 bits per heavy atom. The first-order chi connectivity index (χ1) is 25.5. The van der Waals surface area contributed by atoms with Crippen LogP contribution in [-0.2, 0) is 68.2 Å². The second kappa shape index (κ2) is 29.9. The van der Waals surface area contributed by atoms with Crippen molar-refractivity contribution in [3.8, 4) is 17.2 Å². The normalized spacial score (nSPS) is 11.8. The molecule has 0 aromatic carbocycles. The van der Waals surface area contributed by atoms with Crippen LogP contribution in [0.2, 0.25) is 0 Å². The minimum absolute atomic E-state index is 0. The van der Waals surface area contributed by atoms with Crippen molar-refractivity contribution in [3.63, 3.8) is 0 Å². The van der Waals surface area contributed by atoms with Gasteiger partial charge in [0.15, 0.2) is 17.2 Å². The Morgan fingerprint density at radius 1 is 0.593 bits per heavy atom. The molecule has 0 bridgehead atoms. The molecule has 3 aromatic rings. The van der Waals surface area contributed by atoms with Crippen LogP contribution >= 0.6 is 0 Å². The maximum atomic E-state index is 10.8. The summed E-state index contributed by atoms with van der Waals surface area (Å²) >= 11 is 0. The van der Waals surface area contributed by atoms with Gasteiger partial charge in [0.2, 0.25) is 16.3 Å². The average molecular weight is 938 g/mol. The topological polar surface area (TPSA) is 317 Å². The Labute approximate surface area is 372 Å². The summed E-state index contributed by atoms with van der Waals surface area (Å²) in [7, 11) is 0. The van der Waals surface area contributed by atoms with Crippen molar-refractivity contribution in [2.45, 2.75) is 121 Å². The van der Waals surface area contributed by atoms with Gasteiger partial charge in [0, 0.05) is 94.5 Å². The first-order valence-corrected chi connectivity index (χ1v) is 17.6. The van der Waals surface area contributed by atoms with Crippen molar-refractivity contribution in [2.24, 2.45) is 22.0 Å². The molecule has 20 heteroatoms. The van der Waals surface area contributed by atoms with Gasteiger partial charge in [0.25, 0.3) is 5.97 Å².